The van der Waals surface area contributed by atoms with Crippen LogP contribution in [0, 0.1) is 0 Å². The molecule has 1 aromatic rings. The summed E-state index contributed by atoms with van der Waals surface area (Å²) in [5.74, 6) is 1.34. The summed E-state index contributed by atoms with van der Waals surface area (Å²) in [6, 6.07) is 5.16. The minimum atomic E-state index is -0.925. The average Bonchev–Trinajstić information content (AvgIpc) is 2.33. The van der Waals surface area contributed by atoms with E-state index in [1.54, 1.807) is 12.1 Å². The summed E-state index contributed by atoms with van der Waals surface area (Å²) in [5.41, 5.74) is 7.45. The molecule has 0 aliphatic carbocycles. The molecule has 2 rings (SSSR count). The molecule has 0 spiro atoms. The van der Waals surface area contributed by atoms with Crippen molar-refractivity contribution in [2.75, 3.05) is 22.6 Å². The number of rotatable bonds is 3. The Morgan fingerprint density at radius 3 is 3.00 bits per heavy atom. The van der Waals surface area contributed by atoms with Crippen LogP contribution in [0.4, 0.5) is 11.4 Å². The van der Waals surface area contributed by atoms with E-state index in [1.165, 1.54) is 18.2 Å². The Hall–Kier alpha value is -1.36. The molecule has 0 amide bonds. The van der Waals surface area contributed by atoms with Crippen LogP contribution in [0.25, 0.3) is 0 Å². The van der Waals surface area contributed by atoms with E-state index in [1.807, 2.05) is 11.8 Å². The van der Waals surface area contributed by atoms with Gasteiger partial charge in [-0.05, 0) is 36.8 Å². The van der Waals surface area contributed by atoms with Crippen molar-refractivity contribution in [2.24, 2.45) is 0 Å². The Bertz CT molecular complexity index is 417. The first-order chi connectivity index (χ1) is 8.16. The highest BCUT2D eigenvalue weighted by molar-refractivity contribution is 7.99. The molecule has 1 aliphatic rings. The van der Waals surface area contributed by atoms with Crippen molar-refractivity contribution >= 4 is 29.1 Å². The van der Waals surface area contributed by atoms with Crippen molar-refractivity contribution in [3.63, 3.8) is 0 Å². The number of thioether (sulfide) groups is 1. The molecule has 0 radical (unpaired) electrons. The molecular formula is C12H16N2O2S. The third-order valence-electron chi connectivity index (χ3n) is 2.82. The lowest BCUT2D eigenvalue weighted by Gasteiger charge is -2.24. The van der Waals surface area contributed by atoms with E-state index in [2.05, 4.69) is 5.32 Å². The Morgan fingerprint density at radius 2 is 2.35 bits per heavy atom. The molecule has 17 heavy (non-hydrogen) atoms. The number of nitrogens with one attached hydrogen (secondary N) is 1. The SMILES string of the molecule is Nc1ccc(C(=O)O)cc1NC1CCCSC1. The van der Waals surface area contributed by atoms with E-state index in [0.717, 1.165) is 17.9 Å². The molecule has 1 aliphatic heterocycles. The summed E-state index contributed by atoms with van der Waals surface area (Å²) in [6.45, 7) is 0. The minimum absolute atomic E-state index is 0.269. The molecule has 1 heterocycles. The largest absolute Gasteiger partial charge is 0.478 e. The number of nitrogen functional groups attached to an aromatic ring is 1. The van der Waals surface area contributed by atoms with Gasteiger partial charge in [-0.2, -0.15) is 11.8 Å². The lowest BCUT2D eigenvalue weighted by molar-refractivity contribution is 0.0697. The van der Waals surface area contributed by atoms with E-state index in [4.69, 9.17) is 10.8 Å². The maximum absolute atomic E-state index is 10.9. The molecular weight excluding hydrogens is 236 g/mol. The van der Waals surface area contributed by atoms with Crippen molar-refractivity contribution < 1.29 is 9.90 Å². The molecule has 0 aromatic heterocycles. The molecule has 1 saturated heterocycles. The molecule has 1 aromatic carbocycles. The van der Waals surface area contributed by atoms with Crippen molar-refractivity contribution in [3.05, 3.63) is 23.8 Å². The number of nitrogens with two attached hydrogens (primary N) is 1. The number of carboxylic acid groups (broad SMARTS) is 1. The Balaban J connectivity index is 2.13. The first kappa shape index (κ1) is 12.1. The molecule has 0 bridgehead atoms. The first-order valence-corrected chi connectivity index (χ1v) is 6.79. The summed E-state index contributed by atoms with van der Waals surface area (Å²) < 4.78 is 0. The fourth-order valence-corrected chi connectivity index (χ4v) is 2.96. The first-order valence-electron chi connectivity index (χ1n) is 5.64. The van der Waals surface area contributed by atoms with Crippen molar-refractivity contribution in [3.8, 4) is 0 Å². The summed E-state index contributed by atoms with van der Waals surface area (Å²) in [4.78, 5) is 10.9. The highest BCUT2D eigenvalue weighted by atomic mass is 32.2. The van der Waals surface area contributed by atoms with Gasteiger partial charge >= 0.3 is 5.97 Å². The van der Waals surface area contributed by atoms with Crippen LogP contribution in [-0.4, -0.2) is 28.6 Å². The molecule has 92 valence electrons. The van der Waals surface area contributed by atoms with Gasteiger partial charge in [0.25, 0.3) is 0 Å². The fraction of sp³-hybridized carbons (Fsp3) is 0.417. The number of benzene rings is 1. The molecule has 1 atom stereocenters. The van der Waals surface area contributed by atoms with Gasteiger partial charge in [0.2, 0.25) is 0 Å². The number of carboxylic acids is 1. The van der Waals surface area contributed by atoms with Gasteiger partial charge in [0.15, 0.2) is 0 Å². The van der Waals surface area contributed by atoms with Gasteiger partial charge < -0.3 is 16.2 Å². The molecule has 0 saturated carbocycles. The van der Waals surface area contributed by atoms with E-state index >= 15 is 0 Å². The predicted molar refractivity (Wildman–Crippen MR) is 71.8 cm³/mol. The fourth-order valence-electron chi connectivity index (χ4n) is 1.89. The number of anilines is 2. The lowest BCUT2D eigenvalue weighted by atomic mass is 10.1. The Kier molecular flexibility index (Phi) is 3.78. The van der Waals surface area contributed by atoms with Crippen LogP contribution in [0.15, 0.2) is 18.2 Å². The molecule has 4 N–H and O–H groups in total. The molecule has 4 nitrogen and oxygen atoms in total. The second-order valence-electron chi connectivity index (χ2n) is 4.17. The van der Waals surface area contributed by atoms with Crippen LogP contribution in [0.3, 0.4) is 0 Å². The van der Waals surface area contributed by atoms with Crippen LogP contribution in [0.5, 0.6) is 0 Å². The highest BCUT2D eigenvalue weighted by Gasteiger charge is 2.15. The number of hydrogen-bond donors (Lipinski definition) is 3. The van der Waals surface area contributed by atoms with Gasteiger partial charge in [0.1, 0.15) is 0 Å². The molecule has 5 heteroatoms. The van der Waals surface area contributed by atoms with E-state index < -0.39 is 5.97 Å². The summed E-state index contributed by atoms with van der Waals surface area (Å²) in [7, 11) is 0. The van der Waals surface area contributed by atoms with Crippen LogP contribution in [-0.2, 0) is 0 Å². The van der Waals surface area contributed by atoms with Crippen LogP contribution < -0.4 is 11.1 Å². The lowest BCUT2D eigenvalue weighted by Crippen LogP contribution is -2.26. The maximum atomic E-state index is 10.9. The minimum Gasteiger partial charge on any atom is -0.478 e. The summed E-state index contributed by atoms with van der Waals surface area (Å²) in [6.07, 6.45) is 2.31. The van der Waals surface area contributed by atoms with Crippen LogP contribution in [0.1, 0.15) is 23.2 Å². The van der Waals surface area contributed by atoms with Gasteiger partial charge in [-0.1, -0.05) is 0 Å². The highest BCUT2D eigenvalue weighted by Crippen LogP contribution is 2.25. The van der Waals surface area contributed by atoms with Gasteiger partial charge in [0.05, 0.1) is 16.9 Å². The maximum Gasteiger partial charge on any atom is 0.335 e. The summed E-state index contributed by atoms with van der Waals surface area (Å²) >= 11 is 1.92. The van der Waals surface area contributed by atoms with Gasteiger partial charge in [-0.15, -0.1) is 0 Å². The normalized spacial score (nSPS) is 19.9. The zero-order valence-electron chi connectivity index (χ0n) is 9.48. The summed E-state index contributed by atoms with van der Waals surface area (Å²) in [5, 5.41) is 12.3. The Labute approximate surface area is 105 Å². The predicted octanol–water partition coefficient (Wildman–Crippen LogP) is 2.27. The van der Waals surface area contributed by atoms with E-state index in [-0.39, 0.29) is 5.56 Å². The second-order valence-corrected chi connectivity index (χ2v) is 5.32. The zero-order valence-corrected chi connectivity index (χ0v) is 10.3. The number of hydrogen-bond acceptors (Lipinski definition) is 4. The van der Waals surface area contributed by atoms with Crippen LogP contribution >= 0.6 is 11.8 Å². The zero-order chi connectivity index (χ0) is 12.3. The second kappa shape index (κ2) is 5.31. The smallest absolute Gasteiger partial charge is 0.335 e. The van der Waals surface area contributed by atoms with Gasteiger partial charge in [-0.3, -0.25) is 0 Å². The van der Waals surface area contributed by atoms with Gasteiger partial charge in [-0.25, -0.2) is 4.79 Å². The van der Waals surface area contributed by atoms with Crippen LogP contribution in [0.2, 0.25) is 0 Å². The Morgan fingerprint density at radius 1 is 1.53 bits per heavy atom. The monoisotopic (exact) mass is 252 g/mol. The average molecular weight is 252 g/mol. The molecule has 1 fully saturated rings. The number of carbonyl (C=O) groups is 1. The molecule has 1 unspecified atom stereocenters. The standard InChI is InChI=1S/C12H16N2O2S/c13-10-4-3-8(12(15)16)6-11(10)14-9-2-1-5-17-7-9/h3-4,6,9,14H,1-2,5,7,13H2,(H,15,16). The van der Waals surface area contributed by atoms with Crippen molar-refractivity contribution in [1.29, 1.82) is 0 Å². The topological polar surface area (TPSA) is 75.4 Å². The van der Waals surface area contributed by atoms with E-state index in [9.17, 15) is 4.79 Å². The van der Waals surface area contributed by atoms with E-state index in [0.29, 0.717) is 11.7 Å². The quantitative estimate of drug-likeness (QED) is 0.719. The number of aromatic carboxylic acids is 1. The third kappa shape index (κ3) is 3.06. The third-order valence-corrected chi connectivity index (χ3v) is 4.04. The van der Waals surface area contributed by atoms with Crippen molar-refractivity contribution in [1.82, 2.24) is 0 Å². The van der Waals surface area contributed by atoms with Gasteiger partial charge in [0, 0.05) is 11.8 Å². The van der Waals surface area contributed by atoms with Crippen molar-refractivity contribution in [2.45, 2.75) is 18.9 Å².